The summed E-state index contributed by atoms with van der Waals surface area (Å²) < 4.78 is 6.62. The highest BCUT2D eigenvalue weighted by molar-refractivity contribution is 5.96. The lowest BCUT2D eigenvalue weighted by Crippen LogP contribution is -2.35. The Labute approximate surface area is 152 Å². The van der Waals surface area contributed by atoms with Crippen molar-refractivity contribution in [3.8, 4) is 16.8 Å². The number of carbonyl (C=O) groups excluding carboxylic acids is 1. The van der Waals surface area contributed by atoms with Gasteiger partial charge in [0, 0.05) is 18.7 Å². The topological polar surface area (TPSA) is 81.9 Å². The molecule has 0 fully saturated rings. The molecule has 0 saturated heterocycles. The zero-order valence-corrected chi connectivity index (χ0v) is 15.0. The van der Waals surface area contributed by atoms with Gasteiger partial charge >= 0.3 is 0 Å². The number of carbonyl (C=O) groups is 1. The van der Waals surface area contributed by atoms with Crippen molar-refractivity contribution < 1.29 is 9.53 Å². The van der Waals surface area contributed by atoms with Crippen LogP contribution in [0.25, 0.3) is 16.8 Å². The van der Waals surface area contributed by atoms with E-state index in [1.54, 1.807) is 13.2 Å². The second-order valence-corrected chi connectivity index (χ2v) is 6.22. The zero-order chi connectivity index (χ0) is 18.5. The first kappa shape index (κ1) is 17.8. The molecule has 3 rings (SSSR count). The maximum atomic E-state index is 12.7. The molecule has 134 valence electrons. The molecule has 1 amide bonds. The highest BCUT2D eigenvalue weighted by atomic mass is 16.5. The number of ether oxygens (including phenoxy) is 1. The lowest BCUT2D eigenvalue weighted by Gasteiger charge is -2.14. The summed E-state index contributed by atoms with van der Waals surface area (Å²) in [4.78, 5) is 12.7. The van der Waals surface area contributed by atoms with Gasteiger partial charge in [-0.1, -0.05) is 29.8 Å². The van der Waals surface area contributed by atoms with Crippen molar-refractivity contribution in [3.63, 3.8) is 0 Å². The average molecular weight is 351 g/mol. The molecule has 1 atom stereocenters. The molecule has 7 nitrogen and oxygen atoms in total. The highest BCUT2D eigenvalue weighted by Gasteiger charge is 2.14. The standard InChI is InChI=1S/C19H21N5O2/c1-13-4-6-15(7-5-13)16-8-17(19(25)21-14(2)11-26-3)10-18(9-16)24-12-20-22-23-24/h4-10,12,14H,11H2,1-3H3,(H,21,25)/t14-/m1/s1. The van der Waals surface area contributed by atoms with Crippen LogP contribution in [0.3, 0.4) is 0 Å². The van der Waals surface area contributed by atoms with E-state index in [9.17, 15) is 4.79 Å². The molecular weight excluding hydrogens is 330 g/mol. The number of hydrogen-bond donors (Lipinski definition) is 1. The molecule has 26 heavy (non-hydrogen) atoms. The van der Waals surface area contributed by atoms with Crippen LogP contribution in [0.2, 0.25) is 0 Å². The number of hydrogen-bond acceptors (Lipinski definition) is 5. The van der Waals surface area contributed by atoms with Gasteiger partial charge in [0.2, 0.25) is 0 Å². The van der Waals surface area contributed by atoms with Crippen LogP contribution in [0, 0.1) is 6.92 Å². The number of nitrogens with zero attached hydrogens (tertiary/aromatic N) is 4. The molecule has 1 N–H and O–H groups in total. The Bertz CT molecular complexity index is 875. The summed E-state index contributed by atoms with van der Waals surface area (Å²) in [6.07, 6.45) is 1.50. The Morgan fingerprint density at radius 1 is 1.19 bits per heavy atom. The monoisotopic (exact) mass is 351 g/mol. The molecule has 0 aliphatic heterocycles. The van der Waals surface area contributed by atoms with Crippen molar-refractivity contribution in [2.75, 3.05) is 13.7 Å². The van der Waals surface area contributed by atoms with Gasteiger partial charge in [-0.05, 0) is 53.6 Å². The fourth-order valence-electron chi connectivity index (χ4n) is 2.67. The van der Waals surface area contributed by atoms with Crippen molar-refractivity contribution in [1.82, 2.24) is 25.5 Å². The quantitative estimate of drug-likeness (QED) is 0.737. The normalized spacial score (nSPS) is 12.0. The van der Waals surface area contributed by atoms with Crippen molar-refractivity contribution in [2.24, 2.45) is 0 Å². The van der Waals surface area contributed by atoms with Gasteiger partial charge in [-0.25, -0.2) is 4.68 Å². The van der Waals surface area contributed by atoms with Crippen LogP contribution in [0.4, 0.5) is 0 Å². The molecule has 0 aliphatic rings. The molecule has 0 spiro atoms. The number of aromatic nitrogens is 4. The van der Waals surface area contributed by atoms with E-state index in [1.807, 2.05) is 50.2 Å². The van der Waals surface area contributed by atoms with E-state index in [2.05, 4.69) is 20.8 Å². The number of nitrogens with one attached hydrogen (secondary N) is 1. The van der Waals surface area contributed by atoms with E-state index < -0.39 is 0 Å². The Kier molecular flexibility index (Phi) is 5.38. The second kappa shape index (κ2) is 7.88. The molecule has 7 heteroatoms. The summed E-state index contributed by atoms with van der Waals surface area (Å²) in [6.45, 7) is 4.38. The van der Waals surface area contributed by atoms with Gasteiger partial charge in [0.25, 0.3) is 5.91 Å². The van der Waals surface area contributed by atoms with Crippen molar-refractivity contribution in [3.05, 3.63) is 59.9 Å². The van der Waals surface area contributed by atoms with E-state index in [-0.39, 0.29) is 11.9 Å². The molecule has 0 radical (unpaired) electrons. The number of benzene rings is 2. The number of rotatable bonds is 6. The van der Waals surface area contributed by atoms with Gasteiger partial charge < -0.3 is 10.1 Å². The summed E-state index contributed by atoms with van der Waals surface area (Å²) in [5.74, 6) is -0.169. The van der Waals surface area contributed by atoms with Crippen LogP contribution < -0.4 is 5.32 Å². The summed E-state index contributed by atoms with van der Waals surface area (Å²) >= 11 is 0. The Morgan fingerprint density at radius 2 is 1.96 bits per heavy atom. The Morgan fingerprint density at radius 3 is 2.62 bits per heavy atom. The van der Waals surface area contributed by atoms with E-state index in [1.165, 1.54) is 16.6 Å². The molecule has 3 aromatic rings. The minimum Gasteiger partial charge on any atom is -0.383 e. The summed E-state index contributed by atoms with van der Waals surface area (Å²) in [7, 11) is 1.61. The molecule has 0 bridgehead atoms. The number of amides is 1. The average Bonchev–Trinajstić information content (AvgIpc) is 3.17. The predicted octanol–water partition coefficient (Wildman–Crippen LogP) is 2.40. The molecule has 2 aromatic carbocycles. The first-order valence-electron chi connectivity index (χ1n) is 8.32. The minimum absolute atomic E-state index is 0.0907. The smallest absolute Gasteiger partial charge is 0.251 e. The van der Waals surface area contributed by atoms with E-state index >= 15 is 0 Å². The highest BCUT2D eigenvalue weighted by Crippen LogP contribution is 2.24. The van der Waals surface area contributed by atoms with Crippen LogP contribution in [0.5, 0.6) is 0 Å². The van der Waals surface area contributed by atoms with Gasteiger partial charge in [-0.2, -0.15) is 0 Å². The second-order valence-electron chi connectivity index (χ2n) is 6.22. The first-order valence-corrected chi connectivity index (χ1v) is 8.32. The third-order valence-corrected chi connectivity index (χ3v) is 3.97. The molecule has 0 saturated carbocycles. The SMILES string of the molecule is COC[C@@H](C)NC(=O)c1cc(-c2ccc(C)cc2)cc(-n2cnnn2)c1. The summed E-state index contributed by atoms with van der Waals surface area (Å²) in [5, 5.41) is 14.2. The van der Waals surface area contributed by atoms with Crippen LogP contribution >= 0.6 is 0 Å². The van der Waals surface area contributed by atoms with Crippen LogP contribution in [-0.4, -0.2) is 45.9 Å². The third kappa shape index (κ3) is 4.12. The van der Waals surface area contributed by atoms with Gasteiger partial charge in [0.15, 0.2) is 0 Å². The van der Waals surface area contributed by atoms with Crippen molar-refractivity contribution in [2.45, 2.75) is 19.9 Å². The lowest BCUT2D eigenvalue weighted by atomic mass is 10.0. The van der Waals surface area contributed by atoms with Crippen LogP contribution in [-0.2, 0) is 4.74 Å². The van der Waals surface area contributed by atoms with Gasteiger partial charge in [-0.3, -0.25) is 4.79 Å². The van der Waals surface area contributed by atoms with Crippen molar-refractivity contribution in [1.29, 1.82) is 0 Å². The predicted molar refractivity (Wildman–Crippen MR) is 98.1 cm³/mol. The van der Waals surface area contributed by atoms with E-state index in [0.29, 0.717) is 12.2 Å². The maximum absolute atomic E-state index is 12.7. The Balaban J connectivity index is 2.00. The molecule has 1 heterocycles. The zero-order valence-electron chi connectivity index (χ0n) is 15.0. The number of methoxy groups -OCH3 is 1. The largest absolute Gasteiger partial charge is 0.383 e. The van der Waals surface area contributed by atoms with Gasteiger partial charge in [0.05, 0.1) is 12.3 Å². The fraction of sp³-hybridized carbons (Fsp3) is 0.263. The summed E-state index contributed by atoms with van der Waals surface area (Å²) in [5.41, 5.74) is 4.37. The Hall–Kier alpha value is -3.06. The fourth-order valence-corrected chi connectivity index (χ4v) is 2.67. The number of aryl methyl sites for hydroxylation is 1. The maximum Gasteiger partial charge on any atom is 0.251 e. The van der Waals surface area contributed by atoms with Gasteiger partial charge in [0.1, 0.15) is 6.33 Å². The molecule has 1 aromatic heterocycles. The van der Waals surface area contributed by atoms with Crippen LogP contribution in [0.1, 0.15) is 22.8 Å². The third-order valence-electron chi connectivity index (χ3n) is 3.97. The molecule has 0 unspecified atom stereocenters. The van der Waals surface area contributed by atoms with Crippen molar-refractivity contribution >= 4 is 5.91 Å². The summed E-state index contributed by atoms with van der Waals surface area (Å²) in [6, 6.07) is 13.6. The lowest BCUT2D eigenvalue weighted by molar-refractivity contribution is 0.0905. The van der Waals surface area contributed by atoms with Crippen LogP contribution in [0.15, 0.2) is 48.8 Å². The van der Waals surface area contributed by atoms with E-state index in [0.717, 1.165) is 16.8 Å². The molecule has 0 aliphatic carbocycles. The minimum atomic E-state index is -0.169. The van der Waals surface area contributed by atoms with Gasteiger partial charge in [-0.15, -0.1) is 5.10 Å². The number of tetrazole rings is 1. The van der Waals surface area contributed by atoms with E-state index in [4.69, 9.17) is 4.74 Å². The molecular formula is C19H21N5O2. The first-order chi connectivity index (χ1) is 12.6.